The van der Waals surface area contributed by atoms with E-state index in [0.717, 1.165) is 28.6 Å². The summed E-state index contributed by atoms with van der Waals surface area (Å²) in [4.78, 5) is 16.1. The predicted molar refractivity (Wildman–Crippen MR) is 78.7 cm³/mol. The highest BCUT2D eigenvalue weighted by atomic mass is 32.1. The number of nitrogen functional groups attached to an aromatic ring is 1. The normalized spacial score (nSPS) is 11.2. The van der Waals surface area contributed by atoms with Gasteiger partial charge >= 0.3 is 5.97 Å². The van der Waals surface area contributed by atoms with Gasteiger partial charge in [0.15, 0.2) is 5.13 Å². The molecule has 19 heavy (non-hydrogen) atoms. The van der Waals surface area contributed by atoms with E-state index in [1.807, 2.05) is 6.07 Å². The molecule has 0 saturated heterocycles. The Hall–Kier alpha value is -1.62. The molecule has 0 amide bonds. The van der Waals surface area contributed by atoms with Crippen molar-refractivity contribution in [1.29, 1.82) is 0 Å². The summed E-state index contributed by atoms with van der Waals surface area (Å²) in [6, 6.07) is 3.70. The molecular formula is C14H18N2O2S. The Bertz CT molecular complexity index is 603. The number of fused-ring (bicyclic) bond motifs is 1. The smallest absolute Gasteiger partial charge is 0.337 e. The van der Waals surface area contributed by atoms with Gasteiger partial charge in [-0.05, 0) is 36.5 Å². The van der Waals surface area contributed by atoms with Gasteiger partial charge in [-0.1, -0.05) is 25.2 Å². The summed E-state index contributed by atoms with van der Waals surface area (Å²) in [6.07, 6.45) is 2.02. The lowest BCUT2D eigenvalue weighted by Gasteiger charge is -2.14. The van der Waals surface area contributed by atoms with Crippen LogP contribution in [0.1, 0.15) is 48.5 Å². The molecule has 0 atom stereocenters. The maximum atomic E-state index is 11.7. The third-order valence-corrected chi connectivity index (χ3v) is 4.22. The van der Waals surface area contributed by atoms with Crippen LogP contribution in [0.15, 0.2) is 12.1 Å². The van der Waals surface area contributed by atoms with Crippen LogP contribution in [0.3, 0.4) is 0 Å². The van der Waals surface area contributed by atoms with Crippen molar-refractivity contribution in [1.82, 2.24) is 4.98 Å². The molecule has 5 heteroatoms. The minimum Gasteiger partial charge on any atom is -0.465 e. The van der Waals surface area contributed by atoms with Gasteiger partial charge in [0, 0.05) is 0 Å². The lowest BCUT2D eigenvalue weighted by molar-refractivity contribution is 0.0601. The first-order valence-corrected chi connectivity index (χ1v) is 7.20. The number of anilines is 1. The van der Waals surface area contributed by atoms with Crippen molar-refractivity contribution in [3.8, 4) is 0 Å². The molecule has 1 heterocycles. The Morgan fingerprint density at radius 1 is 1.42 bits per heavy atom. The van der Waals surface area contributed by atoms with E-state index in [0.29, 0.717) is 16.6 Å². The molecule has 0 bridgehead atoms. The van der Waals surface area contributed by atoms with Crippen LogP contribution < -0.4 is 5.73 Å². The Labute approximate surface area is 116 Å². The lowest BCUT2D eigenvalue weighted by Crippen LogP contribution is -2.04. The third-order valence-electron chi connectivity index (χ3n) is 3.39. The summed E-state index contributed by atoms with van der Waals surface area (Å²) in [5, 5.41) is 0.532. The summed E-state index contributed by atoms with van der Waals surface area (Å²) in [5.74, 6) is 0.0645. The predicted octanol–water partition coefficient (Wildman–Crippen LogP) is 3.57. The fourth-order valence-electron chi connectivity index (χ4n) is 2.35. The van der Waals surface area contributed by atoms with E-state index in [-0.39, 0.29) is 5.97 Å². The van der Waals surface area contributed by atoms with Gasteiger partial charge in [0.2, 0.25) is 0 Å². The molecule has 4 nitrogen and oxygen atoms in total. The molecular weight excluding hydrogens is 260 g/mol. The second-order valence-electron chi connectivity index (χ2n) is 4.47. The first-order chi connectivity index (χ1) is 9.10. The third kappa shape index (κ3) is 2.56. The van der Waals surface area contributed by atoms with E-state index in [4.69, 9.17) is 10.5 Å². The molecule has 2 aromatic rings. The van der Waals surface area contributed by atoms with Crippen LogP contribution in [0.5, 0.6) is 0 Å². The van der Waals surface area contributed by atoms with Crippen molar-refractivity contribution >= 4 is 32.7 Å². The molecule has 2 rings (SSSR count). The van der Waals surface area contributed by atoms with Crippen molar-refractivity contribution in [3.63, 3.8) is 0 Å². The van der Waals surface area contributed by atoms with Gasteiger partial charge < -0.3 is 10.5 Å². The van der Waals surface area contributed by atoms with Gasteiger partial charge in [-0.25, -0.2) is 9.78 Å². The number of methoxy groups -OCH3 is 1. The molecule has 0 aliphatic carbocycles. The Morgan fingerprint density at radius 3 is 2.68 bits per heavy atom. The van der Waals surface area contributed by atoms with Gasteiger partial charge in [0.25, 0.3) is 0 Å². The van der Waals surface area contributed by atoms with Crippen LogP contribution in [0.2, 0.25) is 0 Å². The number of rotatable bonds is 4. The highest BCUT2D eigenvalue weighted by molar-refractivity contribution is 7.22. The number of aromatic nitrogens is 1. The number of thiazole rings is 1. The van der Waals surface area contributed by atoms with E-state index < -0.39 is 0 Å². The Balaban J connectivity index is 2.67. The molecule has 0 aliphatic rings. The lowest BCUT2D eigenvalue weighted by atomic mass is 9.92. The van der Waals surface area contributed by atoms with E-state index in [9.17, 15) is 4.79 Å². The van der Waals surface area contributed by atoms with Gasteiger partial charge in [-0.3, -0.25) is 0 Å². The van der Waals surface area contributed by atoms with E-state index in [1.54, 1.807) is 6.07 Å². The monoisotopic (exact) mass is 278 g/mol. The van der Waals surface area contributed by atoms with Gasteiger partial charge in [-0.15, -0.1) is 0 Å². The Morgan fingerprint density at radius 2 is 2.11 bits per heavy atom. The van der Waals surface area contributed by atoms with Crippen molar-refractivity contribution < 1.29 is 9.53 Å². The van der Waals surface area contributed by atoms with Crippen LogP contribution in [-0.4, -0.2) is 18.1 Å². The molecule has 102 valence electrons. The summed E-state index contributed by atoms with van der Waals surface area (Å²) < 4.78 is 5.75. The molecule has 0 spiro atoms. The van der Waals surface area contributed by atoms with Gasteiger partial charge in [0.05, 0.1) is 22.9 Å². The van der Waals surface area contributed by atoms with Crippen molar-refractivity contribution in [2.45, 2.75) is 32.6 Å². The SMILES string of the molecule is CCC(CC)c1cc(C(=O)OC)cc2sc(N)nc12. The zero-order valence-corrected chi connectivity index (χ0v) is 12.2. The summed E-state index contributed by atoms with van der Waals surface area (Å²) in [7, 11) is 1.39. The molecule has 0 radical (unpaired) electrons. The maximum Gasteiger partial charge on any atom is 0.337 e. The van der Waals surface area contributed by atoms with Crippen LogP contribution in [0.25, 0.3) is 10.2 Å². The number of nitrogens with two attached hydrogens (primary N) is 1. The van der Waals surface area contributed by atoms with Crippen LogP contribution in [0.4, 0.5) is 5.13 Å². The number of hydrogen-bond acceptors (Lipinski definition) is 5. The fraction of sp³-hybridized carbons (Fsp3) is 0.429. The summed E-state index contributed by atoms with van der Waals surface area (Å²) in [5.41, 5.74) is 8.38. The van der Waals surface area contributed by atoms with Crippen molar-refractivity contribution in [3.05, 3.63) is 23.3 Å². The highest BCUT2D eigenvalue weighted by Crippen LogP contribution is 2.34. The van der Waals surface area contributed by atoms with Crippen molar-refractivity contribution in [2.24, 2.45) is 0 Å². The van der Waals surface area contributed by atoms with Gasteiger partial charge in [0.1, 0.15) is 0 Å². The number of carbonyl (C=O) groups is 1. The number of hydrogen-bond donors (Lipinski definition) is 1. The summed E-state index contributed by atoms with van der Waals surface area (Å²) in [6.45, 7) is 4.28. The number of ether oxygens (including phenoxy) is 1. The van der Waals surface area contributed by atoms with Crippen LogP contribution >= 0.6 is 11.3 Å². The van der Waals surface area contributed by atoms with Gasteiger partial charge in [-0.2, -0.15) is 0 Å². The second-order valence-corrected chi connectivity index (χ2v) is 5.53. The number of esters is 1. The van der Waals surface area contributed by atoms with E-state index >= 15 is 0 Å². The topological polar surface area (TPSA) is 65.2 Å². The van der Waals surface area contributed by atoms with Crippen molar-refractivity contribution in [2.75, 3.05) is 12.8 Å². The number of carbonyl (C=O) groups excluding carboxylic acids is 1. The second kappa shape index (κ2) is 5.57. The van der Waals surface area contributed by atoms with Crippen LogP contribution in [0, 0.1) is 0 Å². The largest absolute Gasteiger partial charge is 0.465 e. The molecule has 1 aromatic heterocycles. The maximum absolute atomic E-state index is 11.7. The standard InChI is InChI=1S/C14H18N2O2S/c1-4-8(5-2)10-6-9(13(17)18-3)7-11-12(10)16-14(15)19-11/h6-8H,4-5H2,1-3H3,(H2,15,16). The number of nitrogens with zero attached hydrogens (tertiary/aromatic N) is 1. The van der Waals surface area contributed by atoms with Crippen LogP contribution in [-0.2, 0) is 4.74 Å². The quantitative estimate of drug-likeness (QED) is 0.868. The molecule has 0 fully saturated rings. The zero-order valence-electron chi connectivity index (χ0n) is 11.4. The fourth-order valence-corrected chi connectivity index (χ4v) is 3.16. The van der Waals surface area contributed by atoms with E-state index in [2.05, 4.69) is 18.8 Å². The zero-order chi connectivity index (χ0) is 14.0. The minimum absolute atomic E-state index is 0.318. The molecule has 0 unspecified atom stereocenters. The number of benzene rings is 1. The molecule has 0 saturated carbocycles. The first-order valence-electron chi connectivity index (χ1n) is 6.38. The minimum atomic E-state index is -0.318. The average molecular weight is 278 g/mol. The van der Waals surface area contributed by atoms with E-state index in [1.165, 1.54) is 18.4 Å². The molecule has 2 N–H and O–H groups in total. The average Bonchev–Trinajstić information content (AvgIpc) is 2.79. The highest BCUT2D eigenvalue weighted by Gasteiger charge is 2.18. The first kappa shape index (κ1) is 13.8. The Kier molecular flexibility index (Phi) is 4.04. The molecule has 1 aromatic carbocycles. The summed E-state index contributed by atoms with van der Waals surface area (Å²) >= 11 is 1.41. The molecule has 0 aliphatic heterocycles.